The maximum Gasteiger partial charge on any atom is 0.160 e. The van der Waals surface area contributed by atoms with Crippen molar-refractivity contribution < 1.29 is 0 Å². The first-order chi connectivity index (χ1) is 22.6. The summed E-state index contributed by atoms with van der Waals surface area (Å²) in [6.07, 6.45) is 3.61. The Morgan fingerprint density at radius 2 is 1.04 bits per heavy atom. The molecule has 5 heteroatoms. The second-order valence-electron chi connectivity index (χ2n) is 11.5. The number of hydrogen-bond donors (Lipinski definition) is 0. The molecule has 0 saturated carbocycles. The van der Waals surface area contributed by atoms with Gasteiger partial charge in [-0.3, -0.25) is 9.97 Å². The summed E-state index contributed by atoms with van der Waals surface area (Å²) in [5.41, 5.74) is 13.0. The van der Waals surface area contributed by atoms with Gasteiger partial charge in [-0.2, -0.15) is 0 Å². The molecule has 0 unspecified atom stereocenters. The van der Waals surface area contributed by atoms with Crippen molar-refractivity contribution in [2.45, 2.75) is 13.8 Å². The van der Waals surface area contributed by atoms with E-state index in [0.29, 0.717) is 5.82 Å². The lowest BCUT2D eigenvalue weighted by molar-refractivity contribution is 1.18. The lowest BCUT2D eigenvalue weighted by Crippen LogP contribution is -1.96. The van der Waals surface area contributed by atoms with Gasteiger partial charge in [0.2, 0.25) is 0 Å². The highest BCUT2D eigenvalue weighted by Gasteiger charge is 2.13. The van der Waals surface area contributed by atoms with Crippen LogP contribution >= 0.6 is 0 Å². The van der Waals surface area contributed by atoms with Gasteiger partial charge in [0.1, 0.15) is 0 Å². The van der Waals surface area contributed by atoms with Crippen molar-refractivity contribution in [1.29, 1.82) is 0 Å². The zero-order valence-corrected chi connectivity index (χ0v) is 25.5. The van der Waals surface area contributed by atoms with E-state index >= 15 is 0 Å². The molecule has 5 nitrogen and oxygen atoms in total. The van der Waals surface area contributed by atoms with Crippen LogP contribution in [0, 0.1) is 13.8 Å². The molecular weight excluding hydrogens is 562 g/mol. The van der Waals surface area contributed by atoms with Crippen LogP contribution in [0.2, 0.25) is 0 Å². The van der Waals surface area contributed by atoms with Gasteiger partial charge < -0.3 is 0 Å². The topological polar surface area (TPSA) is 64.5 Å². The van der Waals surface area contributed by atoms with Gasteiger partial charge in [-0.05, 0) is 60.9 Å². The largest absolute Gasteiger partial charge is 0.264 e. The summed E-state index contributed by atoms with van der Waals surface area (Å²) in [6, 6.07) is 43.8. The molecule has 8 aromatic rings. The molecule has 0 aliphatic carbocycles. The van der Waals surface area contributed by atoms with Crippen LogP contribution in [-0.2, 0) is 0 Å². The van der Waals surface area contributed by atoms with Crippen molar-refractivity contribution in [2.24, 2.45) is 0 Å². The third-order valence-electron chi connectivity index (χ3n) is 8.40. The number of fused-ring (bicyclic) bond motifs is 3. The first kappa shape index (κ1) is 27.5. The summed E-state index contributed by atoms with van der Waals surface area (Å²) in [5, 5.41) is 2.24. The van der Waals surface area contributed by atoms with Crippen LogP contribution in [0.25, 0.3) is 78.1 Å². The second kappa shape index (κ2) is 11.5. The number of aromatic nitrogens is 5. The fourth-order valence-corrected chi connectivity index (χ4v) is 5.93. The van der Waals surface area contributed by atoms with Gasteiger partial charge in [-0.1, -0.05) is 97.1 Å². The lowest BCUT2D eigenvalue weighted by atomic mass is 9.99. The van der Waals surface area contributed by atoms with Gasteiger partial charge in [0, 0.05) is 51.1 Å². The zero-order valence-electron chi connectivity index (χ0n) is 25.5. The molecule has 0 spiro atoms. The molecule has 0 saturated heterocycles. The van der Waals surface area contributed by atoms with E-state index in [9.17, 15) is 0 Å². The predicted octanol–water partition coefficient (Wildman–Crippen LogP) is 9.92. The van der Waals surface area contributed by atoms with Crippen LogP contribution in [0.15, 0.2) is 140 Å². The van der Waals surface area contributed by atoms with E-state index in [4.69, 9.17) is 19.9 Å². The smallest absolute Gasteiger partial charge is 0.160 e. The first-order valence-corrected chi connectivity index (χ1v) is 15.3. The van der Waals surface area contributed by atoms with Gasteiger partial charge >= 0.3 is 0 Å². The van der Waals surface area contributed by atoms with Crippen molar-refractivity contribution in [3.63, 3.8) is 0 Å². The SMILES string of the molecule is Cc1ccc2ccc3c(C)cc(-c4ccc(-c5ccc(-c6nc(-c7ccccc7)cc(-c7cccnc7)n6)cc5)cc4)nc3c2n1. The average molecular weight is 592 g/mol. The fourth-order valence-electron chi connectivity index (χ4n) is 5.93. The van der Waals surface area contributed by atoms with Crippen LogP contribution in [0.3, 0.4) is 0 Å². The van der Waals surface area contributed by atoms with Crippen LogP contribution in [0.5, 0.6) is 0 Å². The molecule has 46 heavy (non-hydrogen) atoms. The quantitative estimate of drug-likeness (QED) is 0.186. The Labute approximate surface area is 267 Å². The summed E-state index contributed by atoms with van der Waals surface area (Å²) in [4.78, 5) is 24.1. The Morgan fingerprint density at radius 3 is 1.76 bits per heavy atom. The van der Waals surface area contributed by atoms with E-state index in [0.717, 1.165) is 78.0 Å². The number of nitrogens with zero attached hydrogens (tertiary/aromatic N) is 5. The normalized spacial score (nSPS) is 11.3. The Morgan fingerprint density at radius 1 is 0.435 bits per heavy atom. The van der Waals surface area contributed by atoms with Gasteiger partial charge in [0.05, 0.1) is 28.1 Å². The molecule has 4 aromatic carbocycles. The van der Waals surface area contributed by atoms with E-state index in [2.05, 4.69) is 96.8 Å². The third kappa shape index (κ3) is 5.18. The molecule has 0 fully saturated rings. The van der Waals surface area contributed by atoms with Crippen molar-refractivity contribution >= 4 is 21.8 Å². The minimum Gasteiger partial charge on any atom is -0.264 e. The van der Waals surface area contributed by atoms with E-state index in [1.54, 1.807) is 6.20 Å². The van der Waals surface area contributed by atoms with Crippen LogP contribution in [0.1, 0.15) is 11.3 Å². The van der Waals surface area contributed by atoms with Gasteiger partial charge in [-0.25, -0.2) is 15.0 Å². The summed E-state index contributed by atoms with van der Waals surface area (Å²) in [7, 11) is 0. The highest BCUT2D eigenvalue weighted by molar-refractivity contribution is 6.04. The Bertz CT molecular complexity index is 2290. The Balaban J connectivity index is 1.12. The minimum absolute atomic E-state index is 0.678. The maximum atomic E-state index is 5.10. The number of hydrogen-bond acceptors (Lipinski definition) is 5. The molecule has 0 N–H and O–H groups in total. The molecule has 0 radical (unpaired) electrons. The Kier molecular flexibility index (Phi) is 6.84. The molecule has 0 atom stereocenters. The molecular formula is C41H29N5. The molecule has 0 aliphatic rings. The van der Waals surface area contributed by atoms with Gasteiger partial charge in [0.15, 0.2) is 5.82 Å². The predicted molar refractivity (Wildman–Crippen MR) is 187 cm³/mol. The average Bonchev–Trinajstić information content (AvgIpc) is 3.12. The molecule has 0 aliphatic heterocycles. The maximum absolute atomic E-state index is 5.10. The summed E-state index contributed by atoms with van der Waals surface area (Å²) >= 11 is 0. The van der Waals surface area contributed by atoms with Crippen LogP contribution in [-0.4, -0.2) is 24.9 Å². The third-order valence-corrected chi connectivity index (χ3v) is 8.40. The standard InChI is InChI=1S/C41H29N5/c1-26-23-36(44-40-35(26)21-20-32-11-10-27(2)43-39(32)40)31-16-12-28(13-17-31)29-14-18-33(19-15-29)41-45-37(30-7-4-3-5-8-30)24-38(46-41)34-9-6-22-42-25-34/h3-25H,1-2H3. The van der Waals surface area contributed by atoms with Crippen LogP contribution in [0.4, 0.5) is 0 Å². The molecule has 0 amide bonds. The molecule has 4 heterocycles. The monoisotopic (exact) mass is 591 g/mol. The number of pyridine rings is 3. The Hall–Kier alpha value is -6.07. The second-order valence-corrected chi connectivity index (χ2v) is 11.5. The zero-order chi connectivity index (χ0) is 31.0. The molecule has 8 rings (SSSR count). The summed E-state index contributed by atoms with van der Waals surface area (Å²) in [5.74, 6) is 0.678. The van der Waals surface area contributed by atoms with Crippen molar-refractivity contribution in [3.8, 4) is 56.3 Å². The highest BCUT2D eigenvalue weighted by Crippen LogP contribution is 2.32. The first-order valence-electron chi connectivity index (χ1n) is 15.3. The minimum atomic E-state index is 0.678. The molecule has 0 bridgehead atoms. The summed E-state index contributed by atoms with van der Waals surface area (Å²) in [6.45, 7) is 4.17. The summed E-state index contributed by atoms with van der Waals surface area (Å²) < 4.78 is 0. The van der Waals surface area contributed by atoms with E-state index in [-0.39, 0.29) is 0 Å². The fraction of sp³-hybridized carbons (Fsp3) is 0.0488. The van der Waals surface area contributed by atoms with Gasteiger partial charge in [0.25, 0.3) is 0 Å². The molecule has 4 aromatic heterocycles. The van der Waals surface area contributed by atoms with E-state index in [1.807, 2.05) is 55.6 Å². The number of aryl methyl sites for hydroxylation is 2. The molecule has 218 valence electrons. The number of benzene rings is 4. The van der Waals surface area contributed by atoms with E-state index < -0.39 is 0 Å². The van der Waals surface area contributed by atoms with Gasteiger partial charge in [-0.15, -0.1) is 0 Å². The lowest BCUT2D eigenvalue weighted by Gasteiger charge is -2.11. The number of rotatable bonds is 5. The van der Waals surface area contributed by atoms with Crippen molar-refractivity contribution in [1.82, 2.24) is 24.9 Å². The van der Waals surface area contributed by atoms with Crippen molar-refractivity contribution in [2.75, 3.05) is 0 Å². The van der Waals surface area contributed by atoms with Crippen molar-refractivity contribution in [3.05, 3.63) is 151 Å². The van der Waals surface area contributed by atoms with Crippen LogP contribution < -0.4 is 0 Å². The highest BCUT2D eigenvalue weighted by atomic mass is 14.9. The van der Waals surface area contributed by atoms with E-state index in [1.165, 1.54) is 5.56 Å².